The molecule has 0 atom stereocenters. The maximum absolute atomic E-state index is 11.6. The Labute approximate surface area is 114 Å². The van der Waals surface area contributed by atoms with Crippen molar-refractivity contribution in [3.05, 3.63) is 52.8 Å². The number of rotatable bonds is 2. The molecule has 1 heterocycles. The standard InChI is InChI=1S/C12H9Cl2N3O/c13-10-6-9(7-11(14)16-10)17(12(15)18)8-4-2-1-3-5-8/h1-7H,(H2,15,18). The molecule has 0 saturated carbocycles. The number of carbonyl (C=O) groups excluding carboxylic acids is 1. The second kappa shape index (κ2) is 5.25. The van der Waals surface area contributed by atoms with Gasteiger partial charge in [0.2, 0.25) is 0 Å². The van der Waals surface area contributed by atoms with Crippen molar-refractivity contribution in [2.45, 2.75) is 0 Å². The Kier molecular flexibility index (Phi) is 3.69. The summed E-state index contributed by atoms with van der Waals surface area (Å²) < 4.78 is 0. The van der Waals surface area contributed by atoms with Crippen LogP contribution in [0.1, 0.15) is 0 Å². The summed E-state index contributed by atoms with van der Waals surface area (Å²) in [6.07, 6.45) is 0. The minimum Gasteiger partial charge on any atom is -0.351 e. The molecule has 18 heavy (non-hydrogen) atoms. The summed E-state index contributed by atoms with van der Waals surface area (Å²) in [5, 5.41) is 0.388. The molecule has 2 aromatic rings. The molecule has 0 unspecified atom stereocenters. The molecule has 0 fully saturated rings. The van der Waals surface area contributed by atoms with E-state index in [9.17, 15) is 4.79 Å². The van der Waals surface area contributed by atoms with Crippen molar-refractivity contribution in [2.24, 2.45) is 5.73 Å². The van der Waals surface area contributed by atoms with Crippen LogP contribution < -0.4 is 10.6 Å². The van der Waals surface area contributed by atoms with Crippen LogP contribution in [0.3, 0.4) is 0 Å². The number of nitrogens with two attached hydrogens (primary N) is 1. The molecule has 0 aliphatic rings. The van der Waals surface area contributed by atoms with E-state index in [1.54, 1.807) is 24.3 Å². The fourth-order valence-electron chi connectivity index (χ4n) is 1.56. The van der Waals surface area contributed by atoms with Gasteiger partial charge in [-0.25, -0.2) is 9.78 Å². The molecule has 4 nitrogen and oxygen atoms in total. The number of halogens is 2. The number of pyridine rings is 1. The average Bonchev–Trinajstić information content (AvgIpc) is 2.28. The van der Waals surface area contributed by atoms with E-state index in [1.165, 1.54) is 17.0 Å². The highest BCUT2D eigenvalue weighted by molar-refractivity contribution is 6.33. The number of amides is 2. The first-order valence-corrected chi connectivity index (χ1v) is 5.81. The lowest BCUT2D eigenvalue weighted by atomic mass is 10.2. The number of nitrogens with zero attached hydrogens (tertiary/aromatic N) is 2. The van der Waals surface area contributed by atoms with Gasteiger partial charge >= 0.3 is 6.03 Å². The third-order valence-electron chi connectivity index (χ3n) is 2.24. The van der Waals surface area contributed by atoms with Gasteiger partial charge < -0.3 is 5.73 Å². The zero-order valence-electron chi connectivity index (χ0n) is 9.18. The maximum atomic E-state index is 11.6. The van der Waals surface area contributed by atoms with Gasteiger partial charge in [-0.1, -0.05) is 41.4 Å². The van der Waals surface area contributed by atoms with Gasteiger partial charge in [0.1, 0.15) is 10.3 Å². The van der Waals surface area contributed by atoms with Crippen LogP contribution in [-0.2, 0) is 0 Å². The maximum Gasteiger partial charge on any atom is 0.323 e. The van der Waals surface area contributed by atoms with Crippen LogP contribution in [0, 0.1) is 0 Å². The Morgan fingerprint density at radius 3 is 2.11 bits per heavy atom. The summed E-state index contributed by atoms with van der Waals surface area (Å²) in [6.45, 7) is 0. The lowest BCUT2D eigenvalue weighted by molar-refractivity contribution is 0.256. The summed E-state index contributed by atoms with van der Waals surface area (Å²) in [5.41, 5.74) is 6.48. The topological polar surface area (TPSA) is 59.2 Å². The van der Waals surface area contributed by atoms with Crippen LogP contribution in [-0.4, -0.2) is 11.0 Å². The first-order valence-electron chi connectivity index (χ1n) is 5.05. The number of anilines is 2. The predicted molar refractivity (Wildman–Crippen MR) is 72.4 cm³/mol. The van der Waals surface area contributed by atoms with Gasteiger partial charge in [0.15, 0.2) is 0 Å². The number of primary amides is 1. The van der Waals surface area contributed by atoms with Crippen LogP contribution in [0.2, 0.25) is 10.3 Å². The third kappa shape index (κ3) is 2.72. The van der Waals surface area contributed by atoms with Gasteiger partial charge in [-0.15, -0.1) is 0 Å². The molecule has 2 amide bonds. The SMILES string of the molecule is NC(=O)N(c1ccccc1)c1cc(Cl)nc(Cl)c1. The molecule has 0 aliphatic heterocycles. The van der Waals surface area contributed by atoms with Crippen molar-refractivity contribution in [1.82, 2.24) is 4.98 Å². The van der Waals surface area contributed by atoms with Gasteiger partial charge in [-0.2, -0.15) is 0 Å². The second-order valence-corrected chi connectivity index (χ2v) is 4.25. The van der Waals surface area contributed by atoms with E-state index in [0.29, 0.717) is 11.4 Å². The summed E-state index contributed by atoms with van der Waals surface area (Å²) in [6, 6.07) is 11.4. The minimum absolute atomic E-state index is 0.194. The molecule has 2 rings (SSSR count). The van der Waals surface area contributed by atoms with Crippen LogP contribution in [0.5, 0.6) is 0 Å². The van der Waals surface area contributed by atoms with Gasteiger partial charge in [-0.3, -0.25) is 4.90 Å². The monoisotopic (exact) mass is 281 g/mol. The van der Waals surface area contributed by atoms with Crippen LogP contribution in [0.25, 0.3) is 0 Å². The summed E-state index contributed by atoms with van der Waals surface area (Å²) in [7, 11) is 0. The Bertz CT molecular complexity index is 555. The molecular weight excluding hydrogens is 273 g/mol. The zero-order valence-corrected chi connectivity index (χ0v) is 10.7. The van der Waals surface area contributed by atoms with Crippen molar-refractivity contribution < 1.29 is 4.79 Å². The fourth-order valence-corrected chi connectivity index (χ4v) is 2.01. The van der Waals surface area contributed by atoms with Crippen molar-refractivity contribution in [1.29, 1.82) is 0 Å². The van der Waals surface area contributed by atoms with E-state index in [1.807, 2.05) is 6.07 Å². The molecule has 2 N–H and O–H groups in total. The van der Waals surface area contributed by atoms with E-state index in [0.717, 1.165) is 0 Å². The van der Waals surface area contributed by atoms with E-state index in [-0.39, 0.29) is 10.3 Å². The molecule has 1 aromatic carbocycles. The molecule has 0 bridgehead atoms. The van der Waals surface area contributed by atoms with Crippen molar-refractivity contribution >= 4 is 40.6 Å². The molecule has 0 radical (unpaired) electrons. The number of para-hydroxylation sites is 1. The number of carbonyl (C=O) groups is 1. The number of hydrogen-bond donors (Lipinski definition) is 1. The van der Waals surface area contributed by atoms with Gasteiger partial charge in [0.25, 0.3) is 0 Å². The zero-order chi connectivity index (χ0) is 13.1. The Hall–Kier alpha value is -1.78. The molecule has 0 spiro atoms. The Balaban J connectivity index is 2.52. The lowest BCUT2D eigenvalue weighted by Crippen LogP contribution is -2.31. The van der Waals surface area contributed by atoms with Crippen molar-refractivity contribution in [2.75, 3.05) is 4.90 Å². The Morgan fingerprint density at radius 1 is 1.06 bits per heavy atom. The number of aromatic nitrogens is 1. The highest BCUT2D eigenvalue weighted by Crippen LogP contribution is 2.28. The molecule has 6 heteroatoms. The quantitative estimate of drug-likeness (QED) is 0.855. The lowest BCUT2D eigenvalue weighted by Gasteiger charge is -2.20. The molecule has 0 aliphatic carbocycles. The molecule has 92 valence electrons. The minimum atomic E-state index is -0.625. The van der Waals surface area contributed by atoms with Gasteiger partial charge in [0.05, 0.1) is 11.4 Å². The average molecular weight is 282 g/mol. The molecular formula is C12H9Cl2N3O. The first-order chi connectivity index (χ1) is 8.58. The van der Waals surface area contributed by atoms with Crippen molar-refractivity contribution in [3.63, 3.8) is 0 Å². The molecule has 1 aromatic heterocycles. The van der Waals surface area contributed by atoms with Gasteiger partial charge in [0, 0.05) is 0 Å². The Morgan fingerprint density at radius 2 is 1.61 bits per heavy atom. The van der Waals surface area contributed by atoms with Gasteiger partial charge in [-0.05, 0) is 24.3 Å². The highest BCUT2D eigenvalue weighted by atomic mass is 35.5. The normalized spacial score (nSPS) is 10.1. The summed E-state index contributed by atoms with van der Waals surface area (Å²) >= 11 is 11.6. The van der Waals surface area contributed by atoms with E-state index < -0.39 is 6.03 Å². The second-order valence-electron chi connectivity index (χ2n) is 3.48. The predicted octanol–water partition coefficient (Wildman–Crippen LogP) is 3.61. The summed E-state index contributed by atoms with van der Waals surface area (Å²) in [5.74, 6) is 0. The van der Waals surface area contributed by atoms with Crippen LogP contribution in [0.15, 0.2) is 42.5 Å². The summed E-state index contributed by atoms with van der Waals surface area (Å²) in [4.78, 5) is 16.7. The largest absolute Gasteiger partial charge is 0.351 e. The third-order valence-corrected chi connectivity index (χ3v) is 2.63. The number of hydrogen-bond acceptors (Lipinski definition) is 2. The highest BCUT2D eigenvalue weighted by Gasteiger charge is 2.16. The smallest absolute Gasteiger partial charge is 0.323 e. The van der Waals surface area contributed by atoms with Crippen LogP contribution >= 0.6 is 23.2 Å². The number of urea groups is 1. The van der Waals surface area contributed by atoms with E-state index >= 15 is 0 Å². The van der Waals surface area contributed by atoms with Crippen molar-refractivity contribution in [3.8, 4) is 0 Å². The van der Waals surface area contributed by atoms with Crippen LogP contribution in [0.4, 0.5) is 16.2 Å². The van der Waals surface area contributed by atoms with E-state index in [2.05, 4.69) is 4.98 Å². The fraction of sp³-hybridized carbons (Fsp3) is 0. The van der Waals surface area contributed by atoms with E-state index in [4.69, 9.17) is 28.9 Å². The first kappa shape index (κ1) is 12.7. The number of benzene rings is 1. The molecule has 0 saturated heterocycles.